The number of aromatic amines is 1. The van der Waals surface area contributed by atoms with Gasteiger partial charge in [0.2, 0.25) is 14.2 Å². The lowest BCUT2D eigenvalue weighted by atomic mass is 10.3. The van der Waals surface area contributed by atoms with Crippen molar-refractivity contribution in [2.75, 3.05) is 6.26 Å². The van der Waals surface area contributed by atoms with Crippen LogP contribution in [0.1, 0.15) is 10.8 Å². The van der Waals surface area contributed by atoms with Gasteiger partial charge < -0.3 is 4.98 Å². The first-order valence-electron chi connectivity index (χ1n) is 6.06. The number of H-pyrrole nitrogens is 1. The van der Waals surface area contributed by atoms with Gasteiger partial charge in [-0.15, -0.1) is 22.0 Å². The van der Waals surface area contributed by atoms with E-state index >= 15 is 0 Å². The molecule has 0 fully saturated rings. The molecule has 9 heteroatoms. The highest BCUT2D eigenvalue weighted by Crippen LogP contribution is 2.22. The second-order valence-corrected chi connectivity index (χ2v) is 8.66. The van der Waals surface area contributed by atoms with Crippen molar-refractivity contribution in [3.8, 4) is 0 Å². The van der Waals surface area contributed by atoms with Crippen LogP contribution in [0.3, 0.4) is 0 Å². The standard InChI is InChI=1S/C12H12N4O2S3/c1-21(17,18)12-16-15-11(20-12)7-19-6-10-13-8-4-2-3-5-9(8)14-10/h2-5H,6-7H2,1H3,(H,13,14). The number of rotatable bonds is 5. The zero-order chi connectivity index (χ0) is 14.9. The zero-order valence-corrected chi connectivity index (χ0v) is 13.6. The maximum absolute atomic E-state index is 11.3. The number of hydrogen-bond acceptors (Lipinski definition) is 7. The van der Waals surface area contributed by atoms with Gasteiger partial charge in [-0.05, 0) is 12.1 Å². The van der Waals surface area contributed by atoms with Crippen LogP contribution in [0.2, 0.25) is 0 Å². The van der Waals surface area contributed by atoms with E-state index in [0.29, 0.717) is 16.5 Å². The first-order valence-corrected chi connectivity index (χ1v) is 9.92. The van der Waals surface area contributed by atoms with E-state index in [4.69, 9.17) is 0 Å². The van der Waals surface area contributed by atoms with Crippen LogP contribution >= 0.6 is 23.1 Å². The Labute approximate surface area is 129 Å². The minimum absolute atomic E-state index is 0.0711. The molecule has 0 radical (unpaired) electrons. The normalized spacial score (nSPS) is 12.0. The van der Waals surface area contributed by atoms with Crippen molar-refractivity contribution in [3.63, 3.8) is 0 Å². The summed E-state index contributed by atoms with van der Waals surface area (Å²) in [6.45, 7) is 0. The predicted molar refractivity (Wildman–Crippen MR) is 84.1 cm³/mol. The van der Waals surface area contributed by atoms with Gasteiger partial charge >= 0.3 is 0 Å². The molecule has 1 aromatic carbocycles. The topological polar surface area (TPSA) is 88.6 Å². The molecule has 2 heterocycles. The van der Waals surface area contributed by atoms with Gasteiger partial charge in [-0.3, -0.25) is 0 Å². The first-order chi connectivity index (χ1) is 10.0. The molecule has 0 aliphatic rings. The lowest BCUT2D eigenvalue weighted by molar-refractivity contribution is 0.600. The van der Waals surface area contributed by atoms with Crippen LogP contribution in [-0.2, 0) is 21.3 Å². The van der Waals surface area contributed by atoms with Crippen LogP contribution < -0.4 is 0 Å². The molecule has 0 aliphatic heterocycles. The minimum Gasteiger partial charge on any atom is -0.341 e. The fourth-order valence-electron chi connectivity index (χ4n) is 1.76. The molecular weight excluding hydrogens is 328 g/mol. The fourth-order valence-corrected chi connectivity index (χ4v) is 4.35. The van der Waals surface area contributed by atoms with Crippen molar-refractivity contribution in [1.82, 2.24) is 20.2 Å². The second-order valence-electron chi connectivity index (χ2n) is 4.43. The molecule has 2 aromatic heterocycles. The highest BCUT2D eigenvalue weighted by molar-refractivity contribution is 7.97. The summed E-state index contributed by atoms with van der Waals surface area (Å²) in [4.78, 5) is 7.73. The van der Waals surface area contributed by atoms with Gasteiger partial charge in [0.05, 0.1) is 16.8 Å². The highest BCUT2D eigenvalue weighted by atomic mass is 32.2. The summed E-state index contributed by atoms with van der Waals surface area (Å²) in [6.07, 6.45) is 1.14. The predicted octanol–water partition coefficient (Wildman–Crippen LogP) is 2.25. The quantitative estimate of drug-likeness (QED) is 0.766. The Morgan fingerprint density at radius 3 is 2.76 bits per heavy atom. The Morgan fingerprint density at radius 2 is 2.05 bits per heavy atom. The van der Waals surface area contributed by atoms with Crippen LogP contribution in [0.15, 0.2) is 28.6 Å². The summed E-state index contributed by atoms with van der Waals surface area (Å²) in [7, 11) is -3.26. The van der Waals surface area contributed by atoms with Crippen LogP contribution in [0.5, 0.6) is 0 Å². The molecule has 0 atom stereocenters. The van der Waals surface area contributed by atoms with Gasteiger partial charge in [-0.1, -0.05) is 23.5 Å². The van der Waals surface area contributed by atoms with E-state index in [1.54, 1.807) is 11.8 Å². The maximum atomic E-state index is 11.3. The first kappa shape index (κ1) is 14.5. The third-order valence-electron chi connectivity index (χ3n) is 2.67. The molecule has 110 valence electrons. The van der Waals surface area contributed by atoms with Gasteiger partial charge in [0, 0.05) is 12.0 Å². The van der Waals surface area contributed by atoms with E-state index in [1.165, 1.54) is 0 Å². The lowest BCUT2D eigenvalue weighted by Gasteiger charge is -1.94. The Morgan fingerprint density at radius 1 is 1.24 bits per heavy atom. The Bertz CT molecular complexity index is 836. The van der Waals surface area contributed by atoms with E-state index in [2.05, 4.69) is 20.2 Å². The SMILES string of the molecule is CS(=O)(=O)c1nnc(CSCc2nc3ccccc3[nH]2)s1. The van der Waals surface area contributed by atoms with Crippen molar-refractivity contribution in [1.29, 1.82) is 0 Å². The Hall–Kier alpha value is -1.45. The molecule has 0 amide bonds. The van der Waals surface area contributed by atoms with E-state index in [9.17, 15) is 8.42 Å². The maximum Gasteiger partial charge on any atom is 0.232 e. The molecule has 0 unspecified atom stereocenters. The molecule has 1 N–H and O–H groups in total. The molecule has 0 saturated heterocycles. The smallest absolute Gasteiger partial charge is 0.232 e. The number of thioether (sulfide) groups is 1. The number of nitrogens with zero attached hydrogens (tertiary/aromatic N) is 3. The Kier molecular flexibility index (Phi) is 3.96. The summed E-state index contributed by atoms with van der Waals surface area (Å²) in [5, 5.41) is 8.29. The molecule has 6 nitrogen and oxygen atoms in total. The highest BCUT2D eigenvalue weighted by Gasteiger charge is 2.14. The van der Waals surface area contributed by atoms with Gasteiger partial charge in [-0.25, -0.2) is 13.4 Å². The number of fused-ring (bicyclic) bond motifs is 1. The van der Waals surface area contributed by atoms with Crippen molar-refractivity contribution in [2.24, 2.45) is 0 Å². The molecule has 21 heavy (non-hydrogen) atoms. The molecule has 0 bridgehead atoms. The number of para-hydroxylation sites is 2. The average molecular weight is 340 g/mol. The summed E-state index contributed by atoms with van der Waals surface area (Å²) >= 11 is 2.74. The van der Waals surface area contributed by atoms with Crippen molar-refractivity contribution in [3.05, 3.63) is 35.1 Å². The zero-order valence-electron chi connectivity index (χ0n) is 11.1. The summed E-state index contributed by atoms with van der Waals surface area (Å²) < 4.78 is 22.7. The molecule has 0 spiro atoms. The molecule has 0 saturated carbocycles. The Balaban J connectivity index is 1.62. The summed E-state index contributed by atoms with van der Waals surface area (Å²) in [6, 6.07) is 7.86. The number of benzene rings is 1. The van der Waals surface area contributed by atoms with Crippen molar-refractivity contribution in [2.45, 2.75) is 15.8 Å². The van der Waals surface area contributed by atoms with Crippen molar-refractivity contribution >= 4 is 44.0 Å². The second kappa shape index (κ2) is 5.74. The van der Waals surface area contributed by atoms with Gasteiger partial charge in [0.15, 0.2) is 0 Å². The monoisotopic (exact) mass is 340 g/mol. The number of nitrogens with one attached hydrogen (secondary N) is 1. The van der Waals surface area contributed by atoms with Crippen LogP contribution in [0.4, 0.5) is 0 Å². The van der Waals surface area contributed by atoms with Gasteiger partial charge in [0.1, 0.15) is 10.8 Å². The molecule has 3 aromatic rings. The fraction of sp³-hybridized carbons (Fsp3) is 0.250. The molecule has 0 aliphatic carbocycles. The third-order valence-corrected chi connectivity index (χ3v) is 6.40. The number of imidazole rings is 1. The lowest BCUT2D eigenvalue weighted by Crippen LogP contribution is -1.95. The van der Waals surface area contributed by atoms with Crippen molar-refractivity contribution < 1.29 is 8.42 Å². The number of sulfone groups is 1. The number of aromatic nitrogens is 4. The average Bonchev–Trinajstić information content (AvgIpc) is 3.03. The van der Waals surface area contributed by atoms with E-state index in [1.807, 2.05) is 24.3 Å². The molecule has 3 rings (SSSR count). The van der Waals surface area contributed by atoms with E-state index < -0.39 is 9.84 Å². The third kappa shape index (κ3) is 3.42. The summed E-state index contributed by atoms with van der Waals surface area (Å²) in [5.74, 6) is 2.22. The van der Waals surface area contributed by atoms with Gasteiger partial charge in [-0.2, -0.15) is 0 Å². The van der Waals surface area contributed by atoms with Gasteiger partial charge in [0.25, 0.3) is 0 Å². The van der Waals surface area contributed by atoms with Crippen LogP contribution in [0, 0.1) is 0 Å². The van der Waals surface area contributed by atoms with E-state index in [-0.39, 0.29) is 4.34 Å². The largest absolute Gasteiger partial charge is 0.341 e. The number of hydrogen-bond donors (Lipinski definition) is 1. The van der Waals surface area contributed by atoms with Crippen LogP contribution in [0.25, 0.3) is 11.0 Å². The summed E-state index contributed by atoms with van der Waals surface area (Å²) in [5.41, 5.74) is 1.96. The van der Waals surface area contributed by atoms with E-state index in [0.717, 1.165) is 34.5 Å². The minimum atomic E-state index is -3.26. The molecular formula is C12H12N4O2S3. The van der Waals surface area contributed by atoms with Crippen LogP contribution in [-0.4, -0.2) is 34.8 Å².